The van der Waals surface area contributed by atoms with Gasteiger partial charge in [0.25, 0.3) is 11.6 Å². The van der Waals surface area contributed by atoms with Gasteiger partial charge in [0.2, 0.25) is 0 Å². The molecule has 1 aliphatic heterocycles. The van der Waals surface area contributed by atoms with E-state index in [4.69, 9.17) is 4.74 Å². The monoisotopic (exact) mass is 398 g/mol. The van der Waals surface area contributed by atoms with Gasteiger partial charge >= 0.3 is 6.09 Å². The Morgan fingerprint density at radius 2 is 1.55 bits per heavy atom. The molecule has 3 rings (SSSR count). The number of carbonyl (C=O) groups excluding carboxylic acids is 2. The molecule has 9 nitrogen and oxygen atoms in total. The van der Waals surface area contributed by atoms with E-state index in [0.717, 1.165) is 16.8 Å². The molecule has 0 aromatic heterocycles. The first-order valence-electron chi connectivity index (χ1n) is 9.20. The molecule has 0 bridgehead atoms. The summed E-state index contributed by atoms with van der Waals surface area (Å²) in [4.78, 5) is 37.3. The van der Waals surface area contributed by atoms with Crippen LogP contribution < -0.4 is 10.2 Å². The zero-order chi connectivity index (χ0) is 20.8. The van der Waals surface area contributed by atoms with Gasteiger partial charge in [0.15, 0.2) is 6.61 Å². The maximum Gasteiger partial charge on any atom is 0.410 e. The van der Waals surface area contributed by atoms with Crippen molar-refractivity contribution >= 4 is 23.4 Å². The van der Waals surface area contributed by atoms with Crippen LogP contribution in [0.5, 0.6) is 0 Å². The quantitative estimate of drug-likeness (QED) is 0.612. The van der Waals surface area contributed by atoms with Gasteiger partial charge in [-0.15, -0.1) is 0 Å². The van der Waals surface area contributed by atoms with Crippen LogP contribution in [0.25, 0.3) is 11.1 Å². The van der Waals surface area contributed by atoms with Gasteiger partial charge in [-0.1, -0.05) is 12.1 Å². The number of anilines is 1. The fourth-order valence-electron chi connectivity index (χ4n) is 3.08. The van der Waals surface area contributed by atoms with Gasteiger partial charge in [-0.25, -0.2) is 4.79 Å². The Bertz CT molecular complexity index is 875. The smallest absolute Gasteiger partial charge is 0.410 e. The summed E-state index contributed by atoms with van der Waals surface area (Å²) in [5, 5.41) is 13.2. The summed E-state index contributed by atoms with van der Waals surface area (Å²) in [6, 6.07) is 14.4. The Hall–Kier alpha value is -3.62. The van der Waals surface area contributed by atoms with Gasteiger partial charge < -0.3 is 19.9 Å². The summed E-state index contributed by atoms with van der Waals surface area (Å²) in [6.07, 6.45) is -0.484. The molecule has 1 N–H and O–H groups in total. The first-order valence-corrected chi connectivity index (χ1v) is 9.20. The van der Waals surface area contributed by atoms with Crippen molar-refractivity contribution in [3.63, 3.8) is 0 Å². The van der Waals surface area contributed by atoms with Crippen molar-refractivity contribution in [3.05, 3.63) is 58.6 Å². The van der Waals surface area contributed by atoms with Gasteiger partial charge in [0.1, 0.15) is 0 Å². The van der Waals surface area contributed by atoms with E-state index in [1.54, 1.807) is 17.0 Å². The predicted molar refractivity (Wildman–Crippen MR) is 108 cm³/mol. The number of rotatable bonds is 5. The molecule has 29 heavy (non-hydrogen) atoms. The number of hydrogen-bond donors (Lipinski definition) is 1. The van der Waals surface area contributed by atoms with E-state index in [1.807, 2.05) is 24.3 Å². The number of non-ortho nitro benzene ring substituents is 1. The number of nitro benzene ring substituents is 1. The number of amides is 2. The molecule has 2 aromatic carbocycles. The van der Waals surface area contributed by atoms with E-state index in [0.29, 0.717) is 26.2 Å². The molecule has 2 amide bonds. The largest absolute Gasteiger partial charge is 0.439 e. The maximum absolute atomic E-state index is 12.0. The van der Waals surface area contributed by atoms with Gasteiger partial charge in [0, 0.05) is 51.0 Å². The van der Waals surface area contributed by atoms with Crippen molar-refractivity contribution in [2.45, 2.75) is 0 Å². The molecule has 1 aliphatic rings. The van der Waals surface area contributed by atoms with E-state index < -0.39 is 11.0 Å². The van der Waals surface area contributed by atoms with Crippen LogP contribution in [-0.2, 0) is 9.53 Å². The van der Waals surface area contributed by atoms with E-state index >= 15 is 0 Å². The number of nitro groups is 1. The topological polar surface area (TPSA) is 105 Å². The van der Waals surface area contributed by atoms with Crippen LogP contribution in [-0.4, -0.2) is 61.7 Å². The number of ether oxygens (including phenoxy) is 1. The first kappa shape index (κ1) is 20.1. The molecule has 0 aliphatic carbocycles. The number of likely N-dealkylation sites (N-methyl/N-ethyl adjacent to an activating group) is 1. The van der Waals surface area contributed by atoms with Crippen molar-refractivity contribution in [2.24, 2.45) is 0 Å². The average Bonchev–Trinajstić information content (AvgIpc) is 2.77. The number of carbonyl (C=O) groups is 2. The normalized spacial score (nSPS) is 13.7. The lowest BCUT2D eigenvalue weighted by atomic mass is 10.0. The van der Waals surface area contributed by atoms with Crippen LogP contribution in [0, 0.1) is 10.1 Å². The van der Waals surface area contributed by atoms with Gasteiger partial charge in [0.05, 0.1) is 4.92 Å². The molecule has 1 fully saturated rings. The Balaban J connectivity index is 1.55. The minimum atomic E-state index is -0.484. The third-order valence-electron chi connectivity index (χ3n) is 4.79. The second-order valence-corrected chi connectivity index (χ2v) is 6.55. The Labute approximate surface area is 168 Å². The van der Waals surface area contributed by atoms with E-state index in [-0.39, 0.29) is 18.2 Å². The molecule has 9 heteroatoms. The predicted octanol–water partition coefficient (Wildman–Crippen LogP) is 2.27. The zero-order valence-corrected chi connectivity index (χ0v) is 16.0. The molecule has 0 unspecified atom stereocenters. The fraction of sp³-hybridized carbons (Fsp3) is 0.300. The second-order valence-electron chi connectivity index (χ2n) is 6.55. The van der Waals surface area contributed by atoms with Crippen LogP contribution in [0.15, 0.2) is 48.5 Å². The maximum atomic E-state index is 12.0. The Morgan fingerprint density at radius 1 is 1.00 bits per heavy atom. The Morgan fingerprint density at radius 3 is 2.07 bits per heavy atom. The van der Waals surface area contributed by atoms with E-state index in [2.05, 4.69) is 10.2 Å². The summed E-state index contributed by atoms with van der Waals surface area (Å²) < 4.78 is 4.98. The number of benzene rings is 2. The molecule has 0 radical (unpaired) electrons. The van der Waals surface area contributed by atoms with Crippen LogP contribution in [0.3, 0.4) is 0 Å². The van der Waals surface area contributed by atoms with Crippen LogP contribution in [0.1, 0.15) is 0 Å². The van der Waals surface area contributed by atoms with Gasteiger partial charge in [-0.2, -0.15) is 0 Å². The minimum absolute atomic E-state index is 0.0668. The standard InChI is InChI=1S/C20H22N4O5/c1-21-19(25)14-29-20(26)23-12-10-22(11-13-23)17-6-2-15(3-7-17)16-4-8-18(9-5-16)24(27)28/h2-9H,10-14H2,1H3,(H,21,25). The molecule has 0 atom stereocenters. The number of nitrogens with zero attached hydrogens (tertiary/aromatic N) is 3. The summed E-state index contributed by atoms with van der Waals surface area (Å²) in [6.45, 7) is 2.06. The van der Waals surface area contributed by atoms with Crippen molar-refractivity contribution in [1.82, 2.24) is 10.2 Å². The number of hydrogen-bond acceptors (Lipinski definition) is 6. The van der Waals surface area contributed by atoms with Crippen molar-refractivity contribution in [2.75, 3.05) is 44.7 Å². The highest BCUT2D eigenvalue weighted by Crippen LogP contribution is 2.25. The Kier molecular flexibility index (Phi) is 6.28. The van der Waals surface area contributed by atoms with Gasteiger partial charge in [-0.05, 0) is 35.4 Å². The van der Waals surface area contributed by atoms with Crippen LogP contribution >= 0.6 is 0 Å². The molecule has 0 spiro atoms. The molecule has 2 aromatic rings. The van der Waals surface area contributed by atoms with Crippen molar-refractivity contribution in [1.29, 1.82) is 0 Å². The van der Waals surface area contributed by atoms with E-state index in [1.165, 1.54) is 19.2 Å². The molecular formula is C20H22N4O5. The van der Waals surface area contributed by atoms with Crippen molar-refractivity contribution < 1.29 is 19.2 Å². The van der Waals surface area contributed by atoms with Gasteiger partial charge in [-0.3, -0.25) is 14.9 Å². The fourth-order valence-corrected chi connectivity index (χ4v) is 3.08. The highest BCUT2D eigenvalue weighted by Gasteiger charge is 2.22. The number of piperazine rings is 1. The average molecular weight is 398 g/mol. The molecular weight excluding hydrogens is 376 g/mol. The summed E-state index contributed by atoms with van der Waals surface area (Å²) in [5.74, 6) is -0.343. The lowest BCUT2D eigenvalue weighted by Gasteiger charge is -2.35. The summed E-state index contributed by atoms with van der Waals surface area (Å²) in [5.41, 5.74) is 2.98. The molecule has 152 valence electrons. The SMILES string of the molecule is CNC(=O)COC(=O)N1CCN(c2ccc(-c3ccc([N+](=O)[O-])cc3)cc2)CC1. The summed E-state index contributed by atoms with van der Waals surface area (Å²) >= 11 is 0. The highest BCUT2D eigenvalue weighted by molar-refractivity contribution is 5.79. The van der Waals surface area contributed by atoms with Crippen molar-refractivity contribution in [3.8, 4) is 11.1 Å². The van der Waals surface area contributed by atoms with E-state index in [9.17, 15) is 19.7 Å². The van der Waals surface area contributed by atoms with Crippen LogP contribution in [0.2, 0.25) is 0 Å². The molecule has 1 heterocycles. The van der Waals surface area contributed by atoms with Crippen LogP contribution in [0.4, 0.5) is 16.2 Å². The lowest BCUT2D eigenvalue weighted by Crippen LogP contribution is -2.49. The zero-order valence-electron chi connectivity index (χ0n) is 16.0. The minimum Gasteiger partial charge on any atom is -0.439 e. The molecule has 0 saturated carbocycles. The second kappa shape index (κ2) is 9.05. The third kappa shape index (κ3) is 5.01. The highest BCUT2D eigenvalue weighted by atomic mass is 16.6. The third-order valence-corrected chi connectivity index (χ3v) is 4.79. The number of nitrogens with one attached hydrogen (secondary N) is 1. The lowest BCUT2D eigenvalue weighted by molar-refractivity contribution is -0.384. The summed E-state index contributed by atoms with van der Waals surface area (Å²) in [7, 11) is 1.49. The molecule has 1 saturated heterocycles. The first-order chi connectivity index (χ1) is 14.0.